The van der Waals surface area contributed by atoms with Crippen LogP contribution < -0.4 is 10.2 Å². The second kappa shape index (κ2) is 6.19. The molecule has 0 atom stereocenters. The second-order valence-electron chi connectivity index (χ2n) is 6.66. The number of carbonyl (C=O) groups excluding carboxylic acids is 1. The van der Waals surface area contributed by atoms with Gasteiger partial charge in [-0.2, -0.15) is 0 Å². The van der Waals surface area contributed by atoms with Crippen LogP contribution in [-0.4, -0.2) is 27.4 Å². The van der Waals surface area contributed by atoms with Crippen molar-refractivity contribution in [1.29, 1.82) is 0 Å². The fourth-order valence-electron chi connectivity index (χ4n) is 3.11. The van der Waals surface area contributed by atoms with Crippen LogP contribution in [0, 0.1) is 12.8 Å². The minimum absolute atomic E-state index is 0.179. The quantitative estimate of drug-likeness (QED) is 0.928. The molecule has 0 aromatic carbocycles. The number of rotatable bonds is 4. The van der Waals surface area contributed by atoms with Gasteiger partial charge in [0, 0.05) is 50.3 Å². The van der Waals surface area contributed by atoms with Crippen LogP contribution in [0.1, 0.15) is 35.1 Å². The number of carbonyl (C=O) groups is 1. The molecule has 4 rings (SSSR count). The summed E-state index contributed by atoms with van der Waals surface area (Å²) in [7, 11) is 0. The number of aryl methyl sites for hydroxylation is 1. The van der Waals surface area contributed by atoms with Crippen LogP contribution in [0.25, 0.3) is 0 Å². The third-order valence-electron chi connectivity index (χ3n) is 4.68. The lowest BCUT2D eigenvalue weighted by molar-refractivity contribution is -0.122. The summed E-state index contributed by atoms with van der Waals surface area (Å²) >= 11 is 0. The van der Waals surface area contributed by atoms with Gasteiger partial charge in [0.25, 0.3) is 0 Å². The molecule has 1 aliphatic heterocycles. The van der Waals surface area contributed by atoms with Crippen LogP contribution >= 0.6 is 0 Å². The Hall–Kier alpha value is -2.50. The normalized spacial score (nSPS) is 16.6. The Morgan fingerprint density at radius 1 is 1.25 bits per heavy atom. The molecular weight excluding hydrogens is 302 g/mol. The van der Waals surface area contributed by atoms with Crippen LogP contribution in [0.5, 0.6) is 0 Å². The number of hydrogen-bond acceptors (Lipinski definition) is 5. The molecule has 124 valence electrons. The molecule has 2 aromatic rings. The Morgan fingerprint density at radius 2 is 2.04 bits per heavy atom. The molecular formula is C18H21N5O. The molecule has 1 N–H and O–H groups in total. The summed E-state index contributed by atoms with van der Waals surface area (Å²) in [5, 5.41) is 3.04. The van der Waals surface area contributed by atoms with Crippen molar-refractivity contribution in [3.63, 3.8) is 0 Å². The van der Waals surface area contributed by atoms with Gasteiger partial charge >= 0.3 is 0 Å². The van der Waals surface area contributed by atoms with E-state index in [-0.39, 0.29) is 11.8 Å². The van der Waals surface area contributed by atoms with E-state index in [1.165, 1.54) is 11.1 Å². The van der Waals surface area contributed by atoms with E-state index in [2.05, 4.69) is 25.2 Å². The molecule has 0 spiro atoms. The summed E-state index contributed by atoms with van der Waals surface area (Å²) in [6.45, 7) is 4.20. The summed E-state index contributed by atoms with van der Waals surface area (Å²) in [6, 6.07) is 0. The first-order chi connectivity index (χ1) is 11.7. The predicted octanol–water partition coefficient (Wildman–Crippen LogP) is 1.77. The van der Waals surface area contributed by atoms with Crippen LogP contribution in [-0.2, 0) is 24.3 Å². The van der Waals surface area contributed by atoms with E-state index in [4.69, 9.17) is 0 Å². The van der Waals surface area contributed by atoms with Crippen molar-refractivity contribution in [3.8, 4) is 0 Å². The highest BCUT2D eigenvalue weighted by Gasteiger charge is 2.29. The zero-order chi connectivity index (χ0) is 16.5. The molecule has 24 heavy (non-hydrogen) atoms. The minimum atomic E-state index is 0.179. The summed E-state index contributed by atoms with van der Waals surface area (Å²) in [5.41, 5.74) is 4.70. The molecule has 2 aromatic heterocycles. The first-order valence-corrected chi connectivity index (χ1v) is 8.46. The van der Waals surface area contributed by atoms with Crippen molar-refractivity contribution in [2.75, 3.05) is 11.4 Å². The Morgan fingerprint density at radius 3 is 2.79 bits per heavy atom. The van der Waals surface area contributed by atoms with Crippen molar-refractivity contribution >= 4 is 11.9 Å². The van der Waals surface area contributed by atoms with E-state index in [1.807, 2.05) is 31.7 Å². The fourth-order valence-corrected chi connectivity index (χ4v) is 3.11. The molecule has 3 heterocycles. The second-order valence-corrected chi connectivity index (χ2v) is 6.66. The number of aromatic nitrogens is 3. The highest BCUT2D eigenvalue weighted by molar-refractivity contribution is 5.80. The van der Waals surface area contributed by atoms with Crippen molar-refractivity contribution in [3.05, 3.63) is 47.0 Å². The van der Waals surface area contributed by atoms with Crippen molar-refractivity contribution in [2.45, 2.75) is 39.3 Å². The summed E-state index contributed by atoms with van der Waals surface area (Å²) in [4.78, 5) is 27.2. The third-order valence-corrected chi connectivity index (χ3v) is 4.68. The van der Waals surface area contributed by atoms with Crippen LogP contribution in [0.4, 0.5) is 5.95 Å². The number of nitrogens with zero attached hydrogens (tertiary/aromatic N) is 4. The van der Waals surface area contributed by atoms with E-state index in [0.29, 0.717) is 6.54 Å². The summed E-state index contributed by atoms with van der Waals surface area (Å²) in [6.07, 6.45) is 10.5. The molecule has 6 nitrogen and oxygen atoms in total. The first kappa shape index (κ1) is 15.1. The van der Waals surface area contributed by atoms with E-state index < -0.39 is 0 Å². The highest BCUT2D eigenvalue weighted by Crippen LogP contribution is 2.29. The van der Waals surface area contributed by atoms with Gasteiger partial charge in [0.05, 0.1) is 0 Å². The third kappa shape index (κ3) is 3.09. The van der Waals surface area contributed by atoms with Gasteiger partial charge < -0.3 is 10.2 Å². The number of fused-ring (bicyclic) bond motifs is 1. The average Bonchev–Trinajstić information content (AvgIpc) is 3.45. The van der Waals surface area contributed by atoms with Gasteiger partial charge in [0.2, 0.25) is 11.9 Å². The van der Waals surface area contributed by atoms with Crippen LogP contribution in [0.3, 0.4) is 0 Å². The summed E-state index contributed by atoms with van der Waals surface area (Å²) in [5.74, 6) is 1.18. The van der Waals surface area contributed by atoms with E-state index in [1.54, 1.807) is 0 Å². The lowest BCUT2D eigenvalue weighted by Crippen LogP contribution is -2.33. The van der Waals surface area contributed by atoms with E-state index in [0.717, 1.165) is 49.4 Å². The van der Waals surface area contributed by atoms with Gasteiger partial charge in [-0.1, -0.05) is 0 Å². The van der Waals surface area contributed by atoms with Gasteiger partial charge in [0.1, 0.15) is 0 Å². The fraction of sp³-hybridized carbons (Fsp3) is 0.444. The van der Waals surface area contributed by atoms with Gasteiger partial charge in [-0.25, -0.2) is 9.97 Å². The van der Waals surface area contributed by atoms with E-state index >= 15 is 0 Å². The molecule has 1 saturated carbocycles. The zero-order valence-corrected chi connectivity index (χ0v) is 13.8. The predicted molar refractivity (Wildman–Crippen MR) is 90.3 cm³/mol. The Balaban J connectivity index is 1.48. The monoisotopic (exact) mass is 323 g/mol. The van der Waals surface area contributed by atoms with Crippen molar-refractivity contribution < 1.29 is 4.79 Å². The topological polar surface area (TPSA) is 71.0 Å². The summed E-state index contributed by atoms with van der Waals surface area (Å²) < 4.78 is 0. The van der Waals surface area contributed by atoms with Gasteiger partial charge in [-0.05, 0) is 48.4 Å². The molecule has 2 aliphatic rings. The van der Waals surface area contributed by atoms with Crippen LogP contribution in [0.2, 0.25) is 0 Å². The maximum absolute atomic E-state index is 11.9. The Kier molecular flexibility index (Phi) is 3.88. The average molecular weight is 323 g/mol. The molecule has 0 bridgehead atoms. The molecule has 0 radical (unpaired) electrons. The number of hydrogen-bond donors (Lipinski definition) is 1. The Bertz CT molecular complexity index is 755. The maximum atomic E-state index is 11.9. The molecule has 0 unspecified atom stereocenters. The number of amides is 1. The molecule has 1 aliphatic carbocycles. The number of anilines is 1. The highest BCUT2D eigenvalue weighted by atomic mass is 16.2. The number of pyridine rings is 1. The van der Waals surface area contributed by atoms with Gasteiger partial charge in [-0.15, -0.1) is 0 Å². The molecule has 6 heteroatoms. The molecule has 1 amide bonds. The molecule has 1 fully saturated rings. The maximum Gasteiger partial charge on any atom is 0.225 e. The number of nitrogens with one attached hydrogen (secondary N) is 1. The molecule has 0 saturated heterocycles. The van der Waals surface area contributed by atoms with Crippen molar-refractivity contribution in [2.24, 2.45) is 5.92 Å². The SMILES string of the molecule is Cc1cnc(N2CCc3c(CNC(=O)C4CC4)cncc3C2)nc1. The first-order valence-electron chi connectivity index (χ1n) is 8.46. The smallest absolute Gasteiger partial charge is 0.225 e. The Labute approximate surface area is 141 Å². The van der Waals surface area contributed by atoms with Crippen LogP contribution in [0.15, 0.2) is 24.8 Å². The largest absolute Gasteiger partial charge is 0.352 e. The minimum Gasteiger partial charge on any atom is -0.352 e. The lowest BCUT2D eigenvalue weighted by atomic mass is 9.97. The zero-order valence-electron chi connectivity index (χ0n) is 13.8. The lowest BCUT2D eigenvalue weighted by Gasteiger charge is -2.29. The van der Waals surface area contributed by atoms with Gasteiger partial charge in [0.15, 0.2) is 0 Å². The van der Waals surface area contributed by atoms with Crippen molar-refractivity contribution in [1.82, 2.24) is 20.3 Å². The van der Waals surface area contributed by atoms with Gasteiger partial charge in [-0.3, -0.25) is 9.78 Å². The standard InChI is InChI=1S/C18H21N5O/c1-12-6-21-18(22-7-12)23-5-4-16-14(8-19-9-15(16)11-23)10-20-17(24)13-2-3-13/h6-9,13H,2-5,10-11H2,1H3,(H,20,24). The van der Waals surface area contributed by atoms with E-state index in [9.17, 15) is 4.79 Å².